The normalized spacial score (nSPS) is 13.7. The van der Waals surface area contributed by atoms with Crippen molar-refractivity contribution in [1.29, 1.82) is 0 Å². The first-order valence-corrected chi connectivity index (χ1v) is 9.04. The number of rotatable bonds is 3. The maximum atomic E-state index is 11.9. The van der Waals surface area contributed by atoms with Gasteiger partial charge in [0.2, 0.25) is 5.91 Å². The molecule has 5 nitrogen and oxygen atoms in total. The molecule has 4 rings (SSSR count). The van der Waals surface area contributed by atoms with E-state index in [1.54, 1.807) is 23.3 Å². The molecule has 0 saturated heterocycles. The molecule has 0 spiro atoms. The highest BCUT2D eigenvalue weighted by atomic mass is 32.1. The largest absolute Gasteiger partial charge is 0.365 e. The van der Waals surface area contributed by atoms with Crippen molar-refractivity contribution >= 4 is 28.2 Å². The number of aryl methyl sites for hydroxylation is 1. The fourth-order valence-electron chi connectivity index (χ4n) is 3.13. The number of anilines is 2. The van der Waals surface area contributed by atoms with Gasteiger partial charge in [0.15, 0.2) is 5.13 Å². The molecule has 0 aliphatic carbocycles. The number of benzene rings is 1. The van der Waals surface area contributed by atoms with Crippen molar-refractivity contribution < 1.29 is 4.79 Å². The summed E-state index contributed by atoms with van der Waals surface area (Å²) in [5, 5.41) is 6.04. The van der Waals surface area contributed by atoms with E-state index in [0.717, 1.165) is 45.3 Å². The number of nitrogens with zero attached hydrogens (tertiary/aromatic N) is 3. The van der Waals surface area contributed by atoms with Crippen LogP contribution in [0.5, 0.6) is 0 Å². The molecule has 1 aliphatic rings. The Kier molecular flexibility index (Phi) is 3.97. The van der Waals surface area contributed by atoms with Gasteiger partial charge in [-0.2, -0.15) is 0 Å². The van der Waals surface area contributed by atoms with Gasteiger partial charge < -0.3 is 5.32 Å². The summed E-state index contributed by atoms with van der Waals surface area (Å²) >= 11 is 1.59. The monoisotopic (exact) mass is 350 g/mol. The molecule has 0 unspecified atom stereocenters. The van der Waals surface area contributed by atoms with Crippen LogP contribution < -0.4 is 10.2 Å². The molecule has 0 atom stereocenters. The van der Waals surface area contributed by atoms with Crippen molar-refractivity contribution in [1.82, 2.24) is 9.97 Å². The molecule has 3 heterocycles. The van der Waals surface area contributed by atoms with Crippen LogP contribution >= 0.6 is 11.3 Å². The molecule has 1 aromatic carbocycles. The Bertz CT molecular complexity index is 950. The number of fused-ring (bicyclic) bond motifs is 1. The van der Waals surface area contributed by atoms with Crippen molar-refractivity contribution in [2.45, 2.75) is 12.8 Å². The third-order valence-corrected chi connectivity index (χ3v) is 5.33. The predicted molar refractivity (Wildman–Crippen MR) is 102 cm³/mol. The molecule has 0 fully saturated rings. The van der Waals surface area contributed by atoms with Crippen LogP contribution in [-0.2, 0) is 11.2 Å². The van der Waals surface area contributed by atoms with Crippen molar-refractivity contribution in [2.24, 2.45) is 0 Å². The minimum absolute atomic E-state index is 0.121. The summed E-state index contributed by atoms with van der Waals surface area (Å²) in [6, 6.07) is 10.4. The molecule has 25 heavy (non-hydrogen) atoms. The molecule has 1 N–H and O–H groups in total. The topological polar surface area (TPSA) is 58.1 Å². The Morgan fingerprint density at radius 1 is 1.20 bits per heavy atom. The minimum Gasteiger partial charge on any atom is -0.365 e. The highest BCUT2D eigenvalue weighted by molar-refractivity contribution is 7.14. The summed E-state index contributed by atoms with van der Waals surface area (Å²) < 4.78 is 0. The molecule has 0 saturated carbocycles. The van der Waals surface area contributed by atoms with Gasteiger partial charge in [0.1, 0.15) is 5.82 Å². The number of nitrogens with one attached hydrogen (secondary N) is 1. The lowest BCUT2D eigenvalue weighted by Crippen LogP contribution is -2.31. The fraction of sp³-hybridized carbons (Fsp3) is 0.211. The molecule has 2 aromatic heterocycles. The zero-order valence-electron chi connectivity index (χ0n) is 14.1. The molecule has 0 radical (unpaired) electrons. The van der Waals surface area contributed by atoms with E-state index in [1.165, 1.54) is 0 Å². The summed E-state index contributed by atoms with van der Waals surface area (Å²) in [5.41, 5.74) is 5.31. The lowest BCUT2D eigenvalue weighted by molar-refractivity contribution is -0.118. The smallest absolute Gasteiger partial charge is 0.228 e. The Hall–Kier alpha value is -2.73. The molecule has 1 amide bonds. The fourth-order valence-corrected chi connectivity index (χ4v) is 3.81. The summed E-state index contributed by atoms with van der Waals surface area (Å²) in [4.78, 5) is 22.7. The predicted octanol–water partition coefficient (Wildman–Crippen LogP) is 3.82. The van der Waals surface area contributed by atoms with Crippen molar-refractivity contribution in [3.05, 3.63) is 47.5 Å². The van der Waals surface area contributed by atoms with Crippen LogP contribution in [0, 0.1) is 0 Å². The number of hydrogen-bond acceptors (Lipinski definition) is 5. The van der Waals surface area contributed by atoms with Crippen LogP contribution in [0.15, 0.2) is 41.9 Å². The highest BCUT2D eigenvalue weighted by Crippen LogP contribution is 2.35. The van der Waals surface area contributed by atoms with Crippen molar-refractivity contribution in [2.75, 3.05) is 24.3 Å². The summed E-state index contributed by atoms with van der Waals surface area (Å²) in [7, 11) is 3.66. The zero-order chi connectivity index (χ0) is 17.4. The Balaban J connectivity index is 1.80. The van der Waals surface area contributed by atoms with Crippen LogP contribution in [0.3, 0.4) is 0 Å². The van der Waals surface area contributed by atoms with E-state index in [-0.39, 0.29) is 5.91 Å². The lowest BCUT2D eigenvalue weighted by atomic mass is 9.96. The van der Waals surface area contributed by atoms with E-state index < -0.39 is 0 Å². The quantitative estimate of drug-likeness (QED) is 0.780. The Morgan fingerprint density at radius 2 is 2.00 bits per heavy atom. The first kappa shape index (κ1) is 15.8. The lowest BCUT2D eigenvalue weighted by Gasteiger charge is -2.24. The highest BCUT2D eigenvalue weighted by Gasteiger charge is 2.23. The van der Waals surface area contributed by atoms with E-state index in [9.17, 15) is 4.79 Å². The summed E-state index contributed by atoms with van der Waals surface area (Å²) in [6.07, 6.45) is 3.12. The minimum atomic E-state index is 0.121. The number of pyridine rings is 1. The SMILES string of the molecule is CNc1nc(-c2ccccc2-c2cnc3c(c2)CCC(=O)N3C)cs1. The Labute approximate surface area is 150 Å². The number of hydrogen-bond donors (Lipinski definition) is 1. The maximum absolute atomic E-state index is 11.9. The second-order valence-electron chi connectivity index (χ2n) is 5.99. The van der Waals surface area contributed by atoms with E-state index in [0.29, 0.717) is 6.42 Å². The van der Waals surface area contributed by atoms with Gasteiger partial charge in [0, 0.05) is 43.2 Å². The van der Waals surface area contributed by atoms with Crippen LogP contribution in [0.25, 0.3) is 22.4 Å². The van der Waals surface area contributed by atoms with Gasteiger partial charge in [0.05, 0.1) is 5.69 Å². The second kappa shape index (κ2) is 6.29. The zero-order valence-corrected chi connectivity index (χ0v) is 14.9. The maximum Gasteiger partial charge on any atom is 0.228 e. The van der Waals surface area contributed by atoms with Gasteiger partial charge in [-0.25, -0.2) is 9.97 Å². The van der Waals surface area contributed by atoms with Gasteiger partial charge >= 0.3 is 0 Å². The molecule has 126 valence electrons. The van der Waals surface area contributed by atoms with Crippen LogP contribution in [-0.4, -0.2) is 30.0 Å². The van der Waals surface area contributed by atoms with Crippen molar-refractivity contribution in [3.63, 3.8) is 0 Å². The number of aromatic nitrogens is 2. The van der Waals surface area contributed by atoms with E-state index in [1.807, 2.05) is 25.4 Å². The first-order chi connectivity index (χ1) is 12.2. The first-order valence-electron chi connectivity index (χ1n) is 8.16. The summed E-state index contributed by atoms with van der Waals surface area (Å²) in [5.74, 6) is 0.888. The molecular formula is C19H18N4OS. The van der Waals surface area contributed by atoms with Crippen LogP contribution in [0.2, 0.25) is 0 Å². The van der Waals surface area contributed by atoms with Gasteiger partial charge in [-0.3, -0.25) is 9.69 Å². The standard InChI is InChI=1S/C19H18N4OS/c1-20-19-22-16(11-25-19)15-6-4-3-5-14(15)13-9-12-7-8-17(24)23(2)18(12)21-10-13/h3-6,9-11H,7-8H2,1-2H3,(H,20,22). The van der Waals surface area contributed by atoms with E-state index in [2.05, 4.69) is 38.9 Å². The number of amides is 1. The van der Waals surface area contributed by atoms with E-state index in [4.69, 9.17) is 0 Å². The molecule has 1 aliphatic heterocycles. The number of thiazole rings is 1. The number of carbonyl (C=O) groups is 1. The van der Waals surface area contributed by atoms with Gasteiger partial charge in [-0.1, -0.05) is 24.3 Å². The average molecular weight is 350 g/mol. The van der Waals surface area contributed by atoms with Crippen molar-refractivity contribution in [3.8, 4) is 22.4 Å². The molecular weight excluding hydrogens is 332 g/mol. The summed E-state index contributed by atoms with van der Waals surface area (Å²) in [6.45, 7) is 0. The second-order valence-corrected chi connectivity index (χ2v) is 6.85. The Morgan fingerprint density at radius 3 is 2.76 bits per heavy atom. The van der Waals surface area contributed by atoms with Crippen LogP contribution in [0.1, 0.15) is 12.0 Å². The number of carbonyl (C=O) groups excluding carboxylic acids is 1. The molecule has 6 heteroatoms. The van der Waals surface area contributed by atoms with Gasteiger partial charge in [0.25, 0.3) is 0 Å². The average Bonchev–Trinajstić information content (AvgIpc) is 3.14. The van der Waals surface area contributed by atoms with Crippen LogP contribution in [0.4, 0.5) is 10.9 Å². The van der Waals surface area contributed by atoms with E-state index >= 15 is 0 Å². The third kappa shape index (κ3) is 2.78. The third-order valence-electron chi connectivity index (χ3n) is 4.47. The molecule has 0 bridgehead atoms. The molecule has 3 aromatic rings. The van der Waals surface area contributed by atoms with Gasteiger partial charge in [-0.05, 0) is 23.6 Å². The van der Waals surface area contributed by atoms with Gasteiger partial charge in [-0.15, -0.1) is 11.3 Å².